The number of hydrogen-bond donors (Lipinski definition) is 0. The lowest BCUT2D eigenvalue weighted by atomic mass is 10.2. The summed E-state index contributed by atoms with van der Waals surface area (Å²) >= 11 is 5.64. The lowest BCUT2D eigenvalue weighted by molar-refractivity contribution is 0.197. The largest absolute Gasteiger partial charge is 0.492 e. The van der Waals surface area contributed by atoms with E-state index in [2.05, 4.69) is 29.5 Å². The fraction of sp³-hybridized carbons (Fsp3) is 0.286. The average molecular weight is 396 g/mol. The van der Waals surface area contributed by atoms with Gasteiger partial charge in [-0.05, 0) is 56.0 Å². The third-order valence-corrected chi connectivity index (χ3v) is 4.69. The normalized spacial score (nSPS) is 11.0. The number of likely N-dealkylation sites (N-methyl/N-ethyl adjacent to an activating group) is 1. The predicted molar refractivity (Wildman–Crippen MR) is 114 cm³/mol. The van der Waals surface area contributed by atoms with E-state index in [1.165, 1.54) is 5.56 Å². The Morgan fingerprint density at radius 3 is 2.86 bits per heavy atom. The van der Waals surface area contributed by atoms with Gasteiger partial charge in [-0.25, -0.2) is 4.68 Å². The highest BCUT2D eigenvalue weighted by atomic mass is 32.1. The van der Waals surface area contributed by atoms with Crippen molar-refractivity contribution in [3.8, 4) is 17.1 Å². The van der Waals surface area contributed by atoms with Crippen LogP contribution < -0.4 is 4.74 Å². The lowest BCUT2D eigenvalue weighted by Crippen LogP contribution is -2.27. The minimum atomic E-state index is 0.577. The summed E-state index contributed by atoms with van der Waals surface area (Å²) in [6.45, 7) is 8.41. The van der Waals surface area contributed by atoms with Crippen LogP contribution in [0, 0.1) is 11.7 Å². The molecule has 2 heterocycles. The molecule has 1 aromatic carbocycles. The first kappa shape index (κ1) is 20.0. The Morgan fingerprint density at radius 1 is 1.29 bits per heavy atom. The SMILES string of the molecule is C=CCn1c(-c2cccnc2)nn(CN(C)CCOc2cccc(C)c2)c1=S. The van der Waals surface area contributed by atoms with Gasteiger partial charge in [0.25, 0.3) is 0 Å². The molecule has 0 fully saturated rings. The molecule has 0 saturated heterocycles. The number of allylic oxidation sites excluding steroid dienone is 1. The molecule has 0 aliphatic heterocycles. The molecule has 0 saturated carbocycles. The van der Waals surface area contributed by atoms with Crippen molar-refractivity contribution in [3.63, 3.8) is 0 Å². The molecule has 0 aliphatic rings. The molecule has 0 aliphatic carbocycles. The van der Waals surface area contributed by atoms with Gasteiger partial charge in [0.15, 0.2) is 10.6 Å². The number of aromatic nitrogens is 4. The molecule has 0 N–H and O–H groups in total. The van der Waals surface area contributed by atoms with E-state index in [1.54, 1.807) is 12.4 Å². The van der Waals surface area contributed by atoms with Crippen LogP contribution in [0.1, 0.15) is 5.56 Å². The number of aryl methyl sites for hydroxylation is 1. The fourth-order valence-corrected chi connectivity index (χ4v) is 3.12. The number of benzene rings is 1. The first-order valence-electron chi connectivity index (χ1n) is 9.15. The summed E-state index contributed by atoms with van der Waals surface area (Å²) in [5, 5.41) is 4.72. The smallest absolute Gasteiger partial charge is 0.199 e. The third-order valence-electron chi connectivity index (χ3n) is 4.26. The zero-order valence-corrected chi connectivity index (χ0v) is 17.1. The molecule has 3 aromatic rings. The molecule has 0 radical (unpaired) electrons. The maximum absolute atomic E-state index is 5.84. The van der Waals surface area contributed by atoms with E-state index < -0.39 is 0 Å². The van der Waals surface area contributed by atoms with Crippen molar-refractivity contribution in [2.45, 2.75) is 20.1 Å². The van der Waals surface area contributed by atoms with Gasteiger partial charge >= 0.3 is 0 Å². The van der Waals surface area contributed by atoms with E-state index in [9.17, 15) is 0 Å². The molecule has 7 heteroatoms. The van der Waals surface area contributed by atoms with Crippen LogP contribution in [0.2, 0.25) is 0 Å². The highest BCUT2D eigenvalue weighted by Crippen LogP contribution is 2.17. The summed E-state index contributed by atoms with van der Waals surface area (Å²) < 4.78 is 10.3. The van der Waals surface area contributed by atoms with Crippen molar-refractivity contribution in [3.05, 3.63) is 71.8 Å². The molecule has 0 atom stereocenters. The van der Waals surface area contributed by atoms with Gasteiger partial charge in [-0.3, -0.25) is 14.5 Å². The van der Waals surface area contributed by atoms with E-state index in [1.807, 2.05) is 52.7 Å². The predicted octanol–water partition coefficient (Wildman–Crippen LogP) is 3.94. The molecule has 28 heavy (non-hydrogen) atoms. The van der Waals surface area contributed by atoms with Gasteiger partial charge < -0.3 is 4.74 Å². The first-order chi connectivity index (χ1) is 13.6. The Balaban J connectivity index is 1.67. The molecule has 0 spiro atoms. The van der Waals surface area contributed by atoms with Crippen LogP contribution in [0.4, 0.5) is 0 Å². The summed E-state index contributed by atoms with van der Waals surface area (Å²) in [7, 11) is 2.03. The van der Waals surface area contributed by atoms with Crippen molar-refractivity contribution in [1.82, 2.24) is 24.2 Å². The summed E-state index contributed by atoms with van der Waals surface area (Å²) in [5.41, 5.74) is 2.12. The molecule has 3 rings (SSSR count). The second-order valence-electron chi connectivity index (χ2n) is 6.63. The van der Waals surface area contributed by atoms with Crippen LogP contribution in [-0.4, -0.2) is 44.4 Å². The Bertz CT molecular complexity index is 980. The van der Waals surface area contributed by atoms with Gasteiger partial charge in [0.1, 0.15) is 12.4 Å². The highest BCUT2D eigenvalue weighted by Gasteiger charge is 2.13. The van der Waals surface area contributed by atoms with Crippen molar-refractivity contribution in [1.29, 1.82) is 0 Å². The monoisotopic (exact) mass is 395 g/mol. The summed E-state index contributed by atoms with van der Waals surface area (Å²) in [6.07, 6.45) is 5.36. The van der Waals surface area contributed by atoms with Crippen LogP contribution in [0.15, 0.2) is 61.4 Å². The molecule has 146 valence electrons. The minimum absolute atomic E-state index is 0.577. The van der Waals surface area contributed by atoms with Crippen LogP contribution in [0.25, 0.3) is 11.4 Å². The minimum Gasteiger partial charge on any atom is -0.492 e. The van der Waals surface area contributed by atoms with Crippen molar-refractivity contribution in [2.24, 2.45) is 0 Å². The van der Waals surface area contributed by atoms with Crippen LogP contribution in [0.5, 0.6) is 5.75 Å². The number of hydrogen-bond acceptors (Lipinski definition) is 5. The highest BCUT2D eigenvalue weighted by molar-refractivity contribution is 7.71. The Kier molecular flexibility index (Phi) is 6.73. The fourth-order valence-electron chi connectivity index (χ4n) is 2.86. The van der Waals surface area contributed by atoms with E-state index in [-0.39, 0.29) is 0 Å². The van der Waals surface area contributed by atoms with E-state index in [0.29, 0.717) is 24.6 Å². The second-order valence-corrected chi connectivity index (χ2v) is 7.00. The summed E-state index contributed by atoms with van der Waals surface area (Å²) in [6, 6.07) is 11.9. The number of rotatable bonds is 9. The molecule has 0 bridgehead atoms. The van der Waals surface area contributed by atoms with Crippen molar-refractivity contribution in [2.75, 3.05) is 20.2 Å². The Hall–Kier alpha value is -2.77. The van der Waals surface area contributed by atoms with Crippen molar-refractivity contribution >= 4 is 12.2 Å². The van der Waals surface area contributed by atoms with Crippen LogP contribution in [0.3, 0.4) is 0 Å². The molecular formula is C21H25N5OS. The lowest BCUT2D eigenvalue weighted by Gasteiger charge is -2.16. The van der Waals surface area contributed by atoms with E-state index in [4.69, 9.17) is 22.1 Å². The van der Waals surface area contributed by atoms with Gasteiger partial charge in [-0.1, -0.05) is 18.2 Å². The van der Waals surface area contributed by atoms with Gasteiger partial charge in [0, 0.05) is 31.0 Å². The van der Waals surface area contributed by atoms with Crippen LogP contribution >= 0.6 is 12.2 Å². The van der Waals surface area contributed by atoms with Crippen molar-refractivity contribution < 1.29 is 4.74 Å². The molecule has 2 aromatic heterocycles. The van der Waals surface area contributed by atoms with Gasteiger partial charge in [0.2, 0.25) is 0 Å². The number of pyridine rings is 1. The standard InChI is InChI=1S/C21H25N5OS/c1-4-11-25-20(18-8-6-10-22-15-18)23-26(21(25)28)16-24(3)12-13-27-19-9-5-7-17(2)14-19/h4-10,14-15H,1,11-13,16H2,2-3H3. The molecule has 6 nitrogen and oxygen atoms in total. The topological polar surface area (TPSA) is 48.1 Å². The number of nitrogens with zero attached hydrogens (tertiary/aromatic N) is 5. The quantitative estimate of drug-likeness (QED) is 0.406. The third kappa shape index (κ3) is 4.94. The van der Waals surface area contributed by atoms with Gasteiger partial charge in [-0.2, -0.15) is 5.10 Å². The van der Waals surface area contributed by atoms with Gasteiger partial charge in [-0.15, -0.1) is 6.58 Å². The summed E-state index contributed by atoms with van der Waals surface area (Å²) in [4.78, 5) is 6.32. The Labute approximate surface area is 170 Å². The van der Waals surface area contributed by atoms with Gasteiger partial charge in [0.05, 0.1) is 6.67 Å². The molecule has 0 amide bonds. The maximum atomic E-state index is 5.84. The number of ether oxygens (including phenoxy) is 1. The van der Waals surface area contributed by atoms with E-state index >= 15 is 0 Å². The Morgan fingerprint density at radius 2 is 2.14 bits per heavy atom. The molecule has 0 unspecified atom stereocenters. The maximum Gasteiger partial charge on any atom is 0.199 e. The van der Waals surface area contributed by atoms with E-state index in [0.717, 1.165) is 23.7 Å². The average Bonchev–Trinajstić information content (AvgIpc) is 2.99. The first-order valence-corrected chi connectivity index (χ1v) is 9.56. The summed E-state index contributed by atoms with van der Waals surface area (Å²) in [5.74, 6) is 1.68. The molecular weight excluding hydrogens is 370 g/mol. The zero-order chi connectivity index (χ0) is 19.9. The zero-order valence-electron chi connectivity index (χ0n) is 16.3. The van der Waals surface area contributed by atoms with Crippen LogP contribution in [-0.2, 0) is 13.2 Å². The second kappa shape index (κ2) is 9.43.